The van der Waals surface area contributed by atoms with Crippen molar-refractivity contribution >= 4 is 29.2 Å². The van der Waals surface area contributed by atoms with Crippen LogP contribution in [0.25, 0.3) is 0 Å². The first-order valence-electron chi connectivity index (χ1n) is 7.74. The van der Waals surface area contributed by atoms with Crippen LogP contribution in [-0.2, 0) is 5.92 Å². The molecule has 1 amide bonds. The Kier molecular flexibility index (Phi) is 6.04. The highest BCUT2D eigenvalue weighted by molar-refractivity contribution is 6.33. The maximum atomic E-state index is 13.8. The van der Waals surface area contributed by atoms with Crippen LogP contribution in [0.5, 0.6) is 0 Å². The lowest BCUT2D eigenvalue weighted by Gasteiger charge is -2.28. The fourth-order valence-corrected chi connectivity index (χ4v) is 2.62. The lowest BCUT2D eigenvalue weighted by molar-refractivity contribution is -0.359. The van der Waals surface area contributed by atoms with E-state index in [-0.39, 0.29) is 11.3 Å². The van der Waals surface area contributed by atoms with Gasteiger partial charge in [0.25, 0.3) is 5.91 Å². The lowest BCUT2D eigenvalue weighted by atomic mass is 9.99. The van der Waals surface area contributed by atoms with Gasteiger partial charge in [-0.25, -0.2) is 9.78 Å². The van der Waals surface area contributed by atoms with Crippen LogP contribution in [0.3, 0.4) is 0 Å². The summed E-state index contributed by atoms with van der Waals surface area (Å²) >= 11 is 5.63. The molecule has 2 aromatic rings. The van der Waals surface area contributed by atoms with Gasteiger partial charge >= 0.3 is 24.0 Å². The number of halogens is 8. The predicted molar refractivity (Wildman–Crippen MR) is 90.2 cm³/mol. The molecule has 0 fully saturated rings. The second kappa shape index (κ2) is 7.74. The van der Waals surface area contributed by atoms with Crippen molar-refractivity contribution in [1.29, 1.82) is 0 Å². The molecule has 5 nitrogen and oxygen atoms in total. The summed E-state index contributed by atoms with van der Waals surface area (Å²) in [5, 5.41) is 10.8. The Morgan fingerprint density at radius 1 is 1.07 bits per heavy atom. The average Bonchev–Trinajstić information content (AvgIpc) is 2.61. The van der Waals surface area contributed by atoms with Crippen molar-refractivity contribution in [2.75, 3.05) is 5.32 Å². The van der Waals surface area contributed by atoms with Crippen molar-refractivity contribution in [2.24, 2.45) is 0 Å². The minimum absolute atomic E-state index is 0.237. The lowest BCUT2D eigenvalue weighted by Crippen LogP contribution is -2.50. The maximum Gasteiger partial charge on any atom is 0.460 e. The smallest absolute Gasteiger partial charge is 0.460 e. The predicted octanol–water partition coefficient (Wildman–Crippen LogP) is 5.28. The van der Waals surface area contributed by atoms with Gasteiger partial charge in [0.05, 0.1) is 5.56 Å². The number of aromatic nitrogens is 1. The topological polar surface area (TPSA) is 79.3 Å². The zero-order chi connectivity index (χ0) is 23.1. The number of carboxylic acid groups (broad SMARTS) is 1. The van der Waals surface area contributed by atoms with E-state index < -0.39 is 51.7 Å². The molecule has 0 aliphatic heterocycles. The van der Waals surface area contributed by atoms with Crippen LogP contribution in [0.15, 0.2) is 30.5 Å². The van der Waals surface area contributed by atoms with Crippen LogP contribution in [0, 0.1) is 6.92 Å². The standard InChI is InChI=1S/C17H10ClF7N2O3/c1-7-6-8(15(19,20)16(21,22)17(23,24)25)2-3-10(7)27-13(28)9-4-5-26-12(18)11(9)14(29)30/h2-6H,1H3,(H,27,28)(H,29,30). The summed E-state index contributed by atoms with van der Waals surface area (Å²) in [5.74, 6) is -14.5. The maximum absolute atomic E-state index is 13.8. The number of carbonyl (C=O) groups is 2. The van der Waals surface area contributed by atoms with Crippen molar-refractivity contribution in [3.8, 4) is 0 Å². The number of hydrogen-bond donors (Lipinski definition) is 2. The van der Waals surface area contributed by atoms with E-state index in [0.717, 1.165) is 19.2 Å². The summed E-state index contributed by atoms with van der Waals surface area (Å²) in [5.41, 5.74) is -3.24. The molecule has 0 aliphatic rings. The molecule has 1 aromatic carbocycles. The number of anilines is 1. The van der Waals surface area contributed by atoms with Crippen molar-refractivity contribution in [3.63, 3.8) is 0 Å². The van der Waals surface area contributed by atoms with Crippen molar-refractivity contribution in [2.45, 2.75) is 24.9 Å². The Bertz CT molecular complexity index is 1010. The average molecular weight is 459 g/mol. The number of nitrogens with zero attached hydrogens (tertiary/aromatic N) is 1. The van der Waals surface area contributed by atoms with Gasteiger partial charge in [0.2, 0.25) is 0 Å². The number of alkyl halides is 7. The molecule has 0 saturated heterocycles. The summed E-state index contributed by atoms with van der Waals surface area (Å²) in [6.07, 6.45) is -5.47. The quantitative estimate of drug-likeness (QED) is 0.472. The fraction of sp³-hybridized carbons (Fsp3) is 0.235. The Balaban J connectivity index is 2.39. The molecule has 0 spiro atoms. The van der Waals surface area contributed by atoms with Gasteiger partial charge in [-0.1, -0.05) is 17.7 Å². The summed E-state index contributed by atoms with van der Waals surface area (Å²) in [6, 6.07) is 2.34. The highest BCUT2D eigenvalue weighted by Crippen LogP contribution is 2.52. The first-order chi connectivity index (χ1) is 13.6. The molecule has 0 radical (unpaired) electrons. The zero-order valence-corrected chi connectivity index (χ0v) is 15.4. The number of nitrogens with one attached hydrogen (secondary N) is 1. The monoisotopic (exact) mass is 458 g/mol. The van der Waals surface area contributed by atoms with E-state index in [1.807, 2.05) is 0 Å². The second-order valence-corrected chi connectivity index (χ2v) is 6.32. The summed E-state index contributed by atoms with van der Waals surface area (Å²) < 4.78 is 91.0. The zero-order valence-electron chi connectivity index (χ0n) is 14.6. The van der Waals surface area contributed by atoms with E-state index in [1.54, 1.807) is 0 Å². The summed E-state index contributed by atoms with van der Waals surface area (Å²) in [6.45, 7) is 1.07. The van der Waals surface area contributed by atoms with E-state index in [2.05, 4.69) is 10.3 Å². The third kappa shape index (κ3) is 4.04. The summed E-state index contributed by atoms with van der Waals surface area (Å²) in [4.78, 5) is 27.1. The van der Waals surface area contributed by atoms with Gasteiger partial charge in [0.1, 0.15) is 10.7 Å². The van der Waals surface area contributed by atoms with Crippen molar-refractivity contribution in [1.82, 2.24) is 4.98 Å². The molecule has 1 heterocycles. The van der Waals surface area contributed by atoms with Crippen LogP contribution in [0.1, 0.15) is 31.8 Å². The highest BCUT2D eigenvalue weighted by Gasteiger charge is 2.73. The number of hydrogen-bond acceptors (Lipinski definition) is 3. The molecule has 0 unspecified atom stereocenters. The Morgan fingerprint density at radius 2 is 1.67 bits per heavy atom. The van der Waals surface area contributed by atoms with Gasteiger partial charge in [0, 0.05) is 17.4 Å². The number of carbonyl (C=O) groups excluding carboxylic acids is 1. The van der Waals surface area contributed by atoms with E-state index in [9.17, 15) is 40.3 Å². The van der Waals surface area contributed by atoms with Crippen LogP contribution >= 0.6 is 11.6 Å². The normalized spacial score (nSPS) is 12.6. The molecule has 1 aromatic heterocycles. The van der Waals surface area contributed by atoms with Gasteiger partial charge < -0.3 is 10.4 Å². The number of benzene rings is 1. The number of carboxylic acids is 1. The fourth-order valence-electron chi connectivity index (χ4n) is 2.38. The molecular formula is C17H10ClF7N2O3. The van der Waals surface area contributed by atoms with Crippen LogP contribution in [0.2, 0.25) is 5.15 Å². The molecule has 0 aliphatic carbocycles. The van der Waals surface area contributed by atoms with Gasteiger partial charge in [-0.2, -0.15) is 30.7 Å². The SMILES string of the molecule is Cc1cc(C(F)(F)C(F)(F)C(F)(F)F)ccc1NC(=O)c1ccnc(Cl)c1C(=O)O. The number of aromatic carboxylic acids is 1. The number of pyridine rings is 1. The van der Waals surface area contributed by atoms with Gasteiger partial charge in [-0.05, 0) is 30.7 Å². The summed E-state index contributed by atoms with van der Waals surface area (Å²) in [7, 11) is 0. The third-order valence-electron chi connectivity index (χ3n) is 3.95. The van der Waals surface area contributed by atoms with E-state index >= 15 is 0 Å². The Morgan fingerprint density at radius 3 is 2.17 bits per heavy atom. The molecule has 162 valence electrons. The molecule has 2 N–H and O–H groups in total. The number of rotatable bonds is 5. The molecule has 0 atom stereocenters. The minimum Gasteiger partial charge on any atom is -0.478 e. The van der Waals surface area contributed by atoms with Crippen LogP contribution < -0.4 is 5.32 Å². The molecule has 2 rings (SSSR count). The molecule has 0 saturated carbocycles. The first kappa shape index (κ1) is 23.4. The van der Waals surface area contributed by atoms with E-state index in [4.69, 9.17) is 16.7 Å². The van der Waals surface area contributed by atoms with E-state index in [0.29, 0.717) is 18.2 Å². The van der Waals surface area contributed by atoms with Crippen molar-refractivity contribution < 1.29 is 45.4 Å². The third-order valence-corrected chi connectivity index (χ3v) is 4.24. The minimum atomic E-state index is -6.49. The molecule has 0 bridgehead atoms. The van der Waals surface area contributed by atoms with E-state index in [1.165, 1.54) is 0 Å². The molecule has 13 heteroatoms. The van der Waals surface area contributed by atoms with Crippen LogP contribution in [-0.4, -0.2) is 34.1 Å². The second-order valence-electron chi connectivity index (χ2n) is 5.96. The molecular weight excluding hydrogens is 449 g/mol. The number of aryl methyl sites for hydroxylation is 1. The van der Waals surface area contributed by atoms with Gasteiger partial charge in [-0.15, -0.1) is 0 Å². The van der Waals surface area contributed by atoms with Gasteiger partial charge in [-0.3, -0.25) is 4.79 Å². The Labute approximate surface area is 168 Å². The first-order valence-corrected chi connectivity index (χ1v) is 8.11. The van der Waals surface area contributed by atoms with Crippen LogP contribution in [0.4, 0.5) is 36.4 Å². The largest absolute Gasteiger partial charge is 0.478 e. The van der Waals surface area contributed by atoms with Crippen molar-refractivity contribution in [3.05, 3.63) is 57.9 Å². The Hall–Kier alpha value is -2.89. The highest BCUT2D eigenvalue weighted by atomic mass is 35.5. The van der Waals surface area contributed by atoms with Gasteiger partial charge in [0.15, 0.2) is 0 Å². The molecule has 30 heavy (non-hydrogen) atoms. The number of amides is 1.